The van der Waals surface area contributed by atoms with E-state index in [0.717, 1.165) is 18.9 Å². The zero-order chi connectivity index (χ0) is 16.4. The lowest BCUT2D eigenvalue weighted by Gasteiger charge is -2.51. The fraction of sp³-hybridized carbons (Fsp3) is 0.833. The quantitative estimate of drug-likeness (QED) is 0.449. The molecule has 3 fully saturated rings. The fourth-order valence-corrected chi connectivity index (χ4v) is 5.50. The van der Waals surface area contributed by atoms with Gasteiger partial charge in [0, 0.05) is 12.6 Å². The number of rotatable bonds is 3. The summed E-state index contributed by atoms with van der Waals surface area (Å²) in [6.07, 6.45) is 2.44. The van der Waals surface area contributed by atoms with Gasteiger partial charge in [-0.25, -0.2) is 0 Å². The van der Waals surface area contributed by atoms with E-state index in [2.05, 4.69) is 52.3 Å². The molecule has 0 spiro atoms. The van der Waals surface area contributed by atoms with Crippen LogP contribution >= 0.6 is 0 Å². The highest BCUT2D eigenvalue weighted by atomic mass is 28.4. The molecule has 0 N–H and O–H groups in total. The third-order valence-electron chi connectivity index (χ3n) is 6.45. The summed E-state index contributed by atoms with van der Waals surface area (Å²) in [5.41, 5.74) is 1.24. The highest BCUT2D eigenvalue weighted by Gasteiger charge is 2.61. The van der Waals surface area contributed by atoms with Crippen molar-refractivity contribution >= 4 is 14.2 Å². The van der Waals surface area contributed by atoms with Gasteiger partial charge in [0.25, 0.3) is 0 Å². The third-order valence-corrected chi connectivity index (χ3v) is 11.0. The first-order chi connectivity index (χ1) is 10.0. The van der Waals surface area contributed by atoms with Gasteiger partial charge in [0.1, 0.15) is 0 Å². The van der Waals surface area contributed by atoms with Crippen LogP contribution in [0.1, 0.15) is 40.5 Å². The smallest absolute Gasteiger partial charge is 0.230 e. The lowest BCUT2D eigenvalue weighted by atomic mass is 9.80. The summed E-state index contributed by atoms with van der Waals surface area (Å²) in [4.78, 5) is 14.7. The number of hydrogen-bond donors (Lipinski definition) is 0. The van der Waals surface area contributed by atoms with Crippen LogP contribution in [-0.2, 0) is 9.22 Å². The van der Waals surface area contributed by atoms with Crippen LogP contribution in [0, 0.1) is 17.8 Å². The molecule has 1 amide bonds. The van der Waals surface area contributed by atoms with Gasteiger partial charge >= 0.3 is 0 Å². The Morgan fingerprint density at radius 2 is 2.00 bits per heavy atom. The molecular formula is C18H31NO2Si. The summed E-state index contributed by atoms with van der Waals surface area (Å²) in [5.74, 6) is 1.85. The molecule has 1 saturated carbocycles. The van der Waals surface area contributed by atoms with Crippen LogP contribution in [0.3, 0.4) is 0 Å². The van der Waals surface area contributed by atoms with Gasteiger partial charge in [-0.2, -0.15) is 0 Å². The Bertz CT molecular complexity index is 508. The standard InChI is InChI=1S/C18H31NO2Si/c1-11-8-13-9-14(13)16-15(17(20)19(16)10-11)12(2)21-22(6,7)18(3,4)5/h12-16H,1,8-10H2,2-7H3/t12-,13-,14+,15-,16-/m1/s1. The van der Waals surface area contributed by atoms with Crippen LogP contribution in [0.4, 0.5) is 0 Å². The Hall–Kier alpha value is -0.613. The van der Waals surface area contributed by atoms with Crippen molar-refractivity contribution in [3.8, 4) is 0 Å². The van der Waals surface area contributed by atoms with Gasteiger partial charge in [0.15, 0.2) is 8.32 Å². The van der Waals surface area contributed by atoms with Crippen molar-refractivity contribution in [3.63, 3.8) is 0 Å². The van der Waals surface area contributed by atoms with Crippen LogP contribution in [-0.4, -0.2) is 37.8 Å². The maximum atomic E-state index is 12.7. The van der Waals surface area contributed by atoms with E-state index in [4.69, 9.17) is 4.43 Å². The van der Waals surface area contributed by atoms with E-state index in [1.165, 1.54) is 12.0 Å². The molecule has 3 nitrogen and oxygen atoms in total. The van der Waals surface area contributed by atoms with E-state index < -0.39 is 8.32 Å². The predicted octanol–water partition coefficient (Wildman–Crippen LogP) is 3.82. The average molecular weight is 322 g/mol. The molecule has 0 aromatic carbocycles. The lowest BCUT2D eigenvalue weighted by Crippen LogP contribution is -2.66. The Morgan fingerprint density at radius 1 is 1.36 bits per heavy atom. The first-order valence-electron chi connectivity index (χ1n) is 8.68. The molecule has 2 heterocycles. The molecule has 0 radical (unpaired) electrons. The summed E-state index contributed by atoms with van der Waals surface area (Å²) >= 11 is 0. The summed E-state index contributed by atoms with van der Waals surface area (Å²) < 4.78 is 6.53. The summed E-state index contributed by atoms with van der Waals surface area (Å²) in [6.45, 7) is 18.4. The predicted molar refractivity (Wildman–Crippen MR) is 92.1 cm³/mol. The van der Waals surface area contributed by atoms with Gasteiger partial charge in [-0.05, 0) is 49.7 Å². The van der Waals surface area contributed by atoms with Crippen molar-refractivity contribution in [2.45, 2.75) is 70.8 Å². The van der Waals surface area contributed by atoms with E-state index >= 15 is 0 Å². The van der Waals surface area contributed by atoms with E-state index in [0.29, 0.717) is 17.9 Å². The van der Waals surface area contributed by atoms with Crippen LogP contribution in [0.5, 0.6) is 0 Å². The van der Waals surface area contributed by atoms with Crippen molar-refractivity contribution < 1.29 is 9.22 Å². The highest BCUT2D eigenvalue weighted by molar-refractivity contribution is 6.74. The van der Waals surface area contributed by atoms with Gasteiger partial charge in [-0.3, -0.25) is 4.79 Å². The van der Waals surface area contributed by atoms with Crippen molar-refractivity contribution in [2.75, 3.05) is 6.54 Å². The van der Waals surface area contributed by atoms with E-state index in [1.807, 2.05) is 0 Å². The molecule has 3 rings (SSSR count). The number of amides is 1. The highest BCUT2D eigenvalue weighted by Crippen LogP contribution is 2.55. The van der Waals surface area contributed by atoms with Gasteiger partial charge in [-0.15, -0.1) is 0 Å². The SMILES string of the molecule is C=C1C[C@@H]2C[C@@H]2[C@@H]2[C@@H]([C@@H](C)O[Si](C)(C)C(C)(C)C)C(=O)N2C1. The second-order valence-corrected chi connectivity index (χ2v) is 13.9. The Kier molecular flexibility index (Phi) is 3.65. The van der Waals surface area contributed by atoms with Gasteiger partial charge < -0.3 is 9.33 Å². The second-order valence-electron chi connectivity index (χ2n) is 9.18. The number of carbonyl (C=O) groups excluding carboxylic acids is 1. The van der Waals surface area contributed by atoms with Crippen LogP contribution in [0.2, 0.25) is 18.1 Å². The molecular weight excluding hydrogens is 290 g/mol. The summed E-state index contributed by atoms with van der Waals surface area (Å²) in [6, 6.07) is 0.413. The minimum absolute atomic E-state index is 0.0438. The molecule has 2 saturated heterocycles. The van der Waals surface area contributed by atoms with Crippen molar-refractivity contribution in [3.05, 3.63) is 12.2 Å². The average Bonchev–Trinajstić information content (AvgIpc) is 3.08. The van der Waals surface area contributed by atoms with Crippen molar-refractivity contribution in [2.24, 2.45) is 17.8 Å². The zero-order valence-corrected chi connectivity index (χ0v) is 16.0. The fourth-order valence-electron chi connectivity index (χ4n) is 4.07. The zero-order valence-electron chi connectivity index (χ0n) is 15.0. The molecule has 2 aliphatic heterocycles. The molecule has 1 aliphatic carbocycles. The topological polar surface area (TPSA) is 29.5 Å². The first kappa shape index (κ1) is 16.3. The Balaban J connectivity index is 1.73. The monoisotopic (exact) mass is 321 g/mol. The van der Waals surface area contributed by atoms with Gasteiger partial charge in [0.05, 0.1) is 12.0 Å². The molecule has 0 aromatic heterocycles. The molecule has 3 aliphatic rings. The van der Waals surface area contributed by atoms with Crippen molar-refractivity contribution in [1.82, 2.24) is 4.90 Å². The number of carbonyl (C=O) groups is 1. The van der Waals surface area contributed by atoms with E-state index in [1.54, 1.807) is 0 Å². The number of nitrogens with zero attached hydrogens (tertiary/aromatic N) is 1. The van der Waals surface area contributed by atoms with E-state index in [9.17, 15) is 4.79 Å². The van der Waals surface area contributed by atoms with E-state index in [-0.39, 0.29) is 17.1 Å². The molecule has 4 heteroatoms. The minimum atomic E-state index is -1.82. The number of hydrogen-bond acceptors (Lipinski definition) is 2. The second kappa shape index (κ2) is 4.94. The molecule has 22 heavy (non-hydrogen) atoms. The van der Waals surface area contributed by atoms with Gasteiger partial charge in [-0.1, -0.05) is 32.9 Å². The molecule has 0 bridgehead atoms. The number of β-lactam (4-membered cyclic amide) rings is 1. The Labute approximate surface area is 136 Å². The maximum Gasteiger partial charge on any atom is 0.230 e. The third kappa shape index (κ3) is 2.48. The van der Waals surface area contributed by atoms with Crippen molar-refractivity contribution in [1.29, 1.82) is 0 Å². The maximum absolute atomic E-state index is 12.7. The molecule has 5 atom stereocenters. The number of fused-ring (bicyclic) bond motifs is 3. The van der Waals surface area contributed by atoms with Crippen LogP contribution in [0.25, 0.3) is 0 Å². The normalized spacial score (nSPS) is 36.2. The first-order valence-corrected chi connectivity index (χ1v) is 11.6. The Morgan fingerprint density at radius 3 is 2.59 bits per heavy atom. The molecule has 0 unspecified atom stereocenters. The largest absolute Gasteiger partial charge is 0.413 e. The lowest BCUT2D eigenvalue weighted by molar-refractivity contribution is -0.163. The minimum Gasteiger partial charge on any atom is -0.413 e. The molecule has 124 valence electrons. The molecule has 0 aromatic rings. The van der Waals surface area contributed by atoms with Crippen LogP contribution < -0.4 is 0 Å². The summed E-state index contributed by atoms with van der Waals surface area (Å²) in [5, 5.41) is 0.188. The summed E-state index contributed by atoms with van der Waals surface area (Å²) in [7, 11) is -1.82. The van der Waals surface area contributed by atoms with Crippen LogP contribution in [0.15, 0.2) is 12.2 Å². The van der Waals surface area contributed by atoms with Gasteiger partial charge in [0.2, 0.25) is 5.91 Å².